The van der Waals surface area contributed by atoms with Crippen molar-refractivity contribution < 1.29 is 4.79 Å². The fourth-order valence-corrected chi connectivity index (χ4v) is 3.83. The molecule has 0 aliphatic rings. The highest BCUT2D eigenvalue weighted by molar-refractivity contribution is 6.16. The van der Waals surface area contributed by atoms with Gasteiger partial charge in [0.15, 0.2) is 0 Å². The maximum Gasteiger partial charge on any atom is 0.211 e. The number of carbonyl (C=O) groups is 1. The first kappa shape index (κ1) is 16.5. The van der Waals surface area contributed by atoms with E-state index in [0.29, 0.717) is 11.3 Å². The Morgan fingerprint density at radius 3 is 2.21 bits per heavy atom. The molecule has 0 bridgehead atoms. The summed E-state index contributed by atoms with van der Waals surface area (Å²) in [4.78, 5) is 17.9. The molecule has 3 heteroatoms. The van der Waals surface area contributed by atoms with Crippen molar-refractivity contribution in [1.82, 2.24) is 9.55 Å². The average molecular weight is 362 g/mol. The van der Waals surface area contributed by atoms with Crippen LogP contribution in [0.1, 0.15) is 16.1 Å². The highest BCUT2D eigenvalue weighted by atomic mass is 16.1. The van der Waals surface area contributed by atoms with Crippen molar-refractivity contribution in [2.24, 2.45) is 7.05 Å². The first-order chi connectivity index (χ1) is 13.7. The predicted molar refractivity (Wildman–Crippen MR) is 114 cm³/mol. The van der Waals surface area contributed by atoms with Crippen LogP contribution in [0.25, 0.3) is 33.1 Å². The van der Waals surface area contributed by atoms with E-state index in [1.807, 2.05) is 73.8 Å². The Balaban J connectivity index is 1.87. The third-order valence-corrected chi connectivity index (χ3v) is 5.21. The van der Waals surface area contributed by atoms with Gasteiger partial charge in [0.05, 0.1) is 5.52 Å². The smallest absolute Gasteiger partial charge is 0.211 e. The third-order valence-electron chi connectivity index (χ3n) is 5.21. The van der Waals surface area contributed by atoms with Crippen LogP contribution in [-0.2, 0) is 7.05 Å². The summed E-state index contributed by atoms with van der Waals surface area (Å²) in [6.07, 6.45) is 0. The van der Waals surface area contributed by atoms with Gasteiger partial charge in [-0.15, -0.1) is 0 Å². The molecule has 0 spiro atoms. The van der Waals surface area contributed by atoms with Crippen LogP contribution in [0.3, 0.4) is 0 Å². The van der Waals surface area contributed by atoms with Gasteiger partial charge in [-0.25, -0.2) is 4.98 Å². The van der Waals surface area contributed by atoms with E-state index in [9.17, 15) is 4.79 Å². The maximum absolute atomic E-state index is 13.1. The summed E-state index contributed by atoms with van der Waals surface area (Å²) < 4.78 is 2.07. The number of para-hydroxylation sites is 1. The van der Waals surface area contributed by atoms with Gasteiger partial charge in [0.2, 0.25) is 5.78 Å². The zero-order valence-electron chi connectivity index (χ0n) is 15.5. The first-order valence-electron chi connectivity index (χ1n) is 9.27. The molecule has 3 aromatic carbocycles. The minimum Gasteiger partial charge on any atom is -0.328 e. The van der Waals surface area contributed by atoms with Crippen LogP contribution in [0, 0.1) is 0 Å². The number of ketones is 1. The van der Waals surface area contributed by atoms with Gasteiger partial charge in [-0.05, 0) is 23.3 Å². The van der Waals surface area contributed by atoms with Crippen molar-refractivity contribution in [2.45, 2.75) is 0 Å². The molecule has 2 aromatic heterocycles. The molecular weight excluding hydrogens is 344 g/mol. The molecular formula is C25H18N2O. The molecule has 2 heterocycles. The first-order valence-corrected chi connectivity index (χ1v) is 9.27. The maximum atomic E-state index is 13.1. The van der Waals surface area contributed by atoms with Crippen LogP contribution >= 0.6 is 0 Å². The van der Waals surface area contributed by atoms with Gasteiger partial charge in [-0.1, -0.05) is 78.9 Å². The highest BCUT2D eigenvalue weighted by Crippen LogP contribution is 2.36. The van der Waals surface area contributed by atoms with E-state index < -0.39 is 0 Å². The zero-order valence-corrected chi connectivity index (χ0v) is 15.5. The topological polar surface area (TPSA) is 34.9 Å². The molecule has 0 atom stereocenters. The number of fused-ring (bicyclic) bond motifs is 3. The van der Waals surface area contributed by atoms with Gasteiger partial charge in [0.1, 0.15) is 11.3 Å². The molecule has 5 rings (SSSR count). The Labute approximate surface area is 162 Å². The van der Waals surface area contributed by atoms with Crippen LogP contribution in [-0.4, -0.2) is 15.3 Å². The molecule has 0 radical (unpaired) electrons. The Morgan fingerprint density at radius 2 is 1.46 bits per heavy atom. The Hall–Kier alpha value is -3.72. The summed E-state index contributed by atoms with van der Waals surface area (Å²) >= 11 is 0. The number of aromatic nitrogens is 2. The summed E-state index contributed by atoms with van der Waals surface area (Å²) in [5.74, 6) is -0.0649. The molecule has 0 fully saturated rings. The van der Waals surface area contributed by atoms with Gasteiger partial charge >= 0.3 is 0 Å². The van der Waals surface area contributed by atoms with Crippen molar-refractivity contribution in [2.75, 3.05) is 0 Å². The van der Waals surface area contributed by atoms with Crippen molar-refractivity contribution in [3.63, 3.8) is 0 Å². The van der Waals surface area contributed by atoms with E-state index in [0.717, 1.165) is 33.1 Å². The highest BCUT2D eigenvalue weighted by Gasteiger charge is 2.19. The number of pyridine rings is 1. The van der Waals surface area contributed by atoms with E-state index >= 15 is 0 Å². The molecule has 0 aliphatic carbocycles. The van der Waals surface area contributed by atoms with Crippen LogP contribution in [0.4, 0.5) is 0 Å². The van der Waals surface area contributed by atoms with Gasteiger partial charge in [0, 0.05) is 23.4 Å². The summed E-state index contributed by atoms with van der Waals surface area (Å²) in [5.41, 5.74) is 5.14. The number of hydrogen-bond donors (Lipinski definition) is 0. The standard InChI is InChI=1S/C25H18N2O/c1-27-22-15-9-8-14-19(22)23-20(17-10-4-2-5-11-17)16-21(26-25(23)27)24(28)18-12-6-3-7-13-18/h2-16H,1H3. The fourth-order valence-electron chi connectivity index (χ4n) is 3.83. The molecule has 0 aliphatic heterocycles. The molecule has 5 aromatic rings. The van der Waals surface area contributed by atoms with Crippen LogP contribution < -0.4 is 0 Å². The van der Waals surface area contributed by atoms with Gasteiger partial charge < -0.3 is 4.57 Å². The second kappa shape index (κ2) is 6.46. The molecule has 134 valence electrons. The van der Waals surface area contributed by atoms with Gasteiger partial charge in [-0.2, -0.15) is 0 Å². The summed E-state index contributed by atoms with van der Waals surface area (Å²) in [6.45, 7) is 0. The molecule has 0 saturated heterocycles. The molecule has 28 heavy (non-hydrogen) atoms. The SMILES string of the molecule is Cn1c2ccccc2c2c(-c3ccccc3)cc(C(=O)c3ccccc3)nc21. The Bertz CT molecular complexity index is 1320. The van der Waals surface area contributed by atoms with Gasteiger partial charge in [0.25, 0.3) is 0 Å². The van der Waals surface area contributed by atoms with E-state index in [-0.39, 0.29) is 5.78 Å². The largest absolute Gasteiger partial charge is 0.328 e. The number of aryl methyl sites for hydroxylation is 1. The Kier molecular flexibility index (Phi) is 3.80. The fraction of sp³-hybridized carbons (Fsp3) is 0.0400. The Morgan fingerprint density at radius 1 is 0.821 bits per heavy atom. The molecule has 0 unspecified atom stereocenters. The average Bonchev–Trinajstić information content (AvgIpc) is 3.06. The molecule has 0 saturated carbocycles. The van der Waals surface area contributed by atoms with E-state index in [1.165, 1.54) is 0 Å². The molecule has 0 N–H and O–H groups in total. The summed E-state index contributed by atoms with van der Waals surface area (Å²) in [5, 5.41) is 2.22. The van der Waals surface area contributed by atoms with Crippen LogP contribution in [0.15, 0.2) is 91.0 Å². The number of nitrogens with zero attached hydrogens (tertiary/aromatic N) is 2. The van der Waals surface area contributed by atoms with E-state index in [1.54, 1.807) is 0 Å². The van der Waals surface area contributed by atoms with Crippen molar-refractivity contribution in [3.05, 3.63) is 102 Å². The second-order valence-corrected chi connectivity index (χ2v) is 6.89. The minimum atomic E-state index is -0.0649. The van der Waals surface area contributed by atoms with Crippen molar-refractivity contribution >= 4 is 27.7 Å². The van der Waals surface area contributed by atoms with Gasteiger partial charge in [-0.3, -0.25) is 4.79 Å². The van der Waals surface area contributed by atoms with Crippen molar-refractivity contribution in [3.8, 4) is 11.1 Å². The van der Waals surface area contributed by atoms with Crippen LogP contribution in [0.5, 0.6) is 0 Å². The third kappa shape index (κ3) is 2.52. The minimum absolute atomic E-state index is 0.0649. The lowest BCUT2D eigenvalue weighted by atomic mass is 9.98. The lowest BCUT2D eigenvalue weighted by molar-refractivity contribution is 0.103. The predicted octanol–water partition coefficient (Wildman–Crippen LogP) is 5.62. The zero-order chi connectivity index (χ0) is 19.1. The molecule has 3 nitrogen and oxygen atoms in total. The van der Waals surface area contributed by atoms with Crippen molar-refractivity contribution in [1.29, 1.82) is 0 Å². The summed E-state index contributed by atoms with van der Waals surface area (Å²) in [7, 11) is 2.00. The number of rotatable bonds is 3. The lowest BCUT2D eigenvalue weighted by Crippen LogP contribution is -2.05. The quantitative estimate of drug-likeness (QED) is 0.390. The number of carbonyl (C=O) groups excluding carboxylic acids is 1. The monoisotopic (exact) mass is 362 g/mol. The lowest BCUT2D eigenvalue weighted by Gasteiger charge is -2.08. The second-order valence-electron chi connectivity index (χ2n) is 6.89. The molecule has 0 amide bonds. The number of hydrogen-bond acceptors (Lipinski definition) is 2. The van der Waals surface area contributed by atoms with E-state index in [2.05, 4.69) is 28.8 Å². The van der Waals surface area contributed by atoms with E-state index in [4.69, 9.17) is 4.98 Å². The summed E-state index contributed by atoms with van der Waals surface area (Å²) in [6, 6.07) is 29.7. The normalized spacial score (nSPS) is 11.2. The number of benzene rings is 3. The van der Waals surface area contributed by atoms with Crippen LogP contribution in [0.2, 0.25) is 0 Å².